The van der Waals surface area contributed by atoms with E-state index in [9.17, 15) is 10.1 Å². The third kappa shape index (κ3) is 2.32. The quantitative estimate of drug-likeness (QED) is 0.646. The summed E-state index contributed by atoms with van der Waals surface area (Å²) in [6.45, 7) is 5.91. The topological polar surface area (TPSA) is 73.0 Å². The molecule has 1 aromatic rings. The van der Waals surface area contributed by atoms with Crippen LogP contribution in [0.3, 0.4) is 0 Å². The number of hydrogen-bond donors (Lipinski definition) is 1. The molecule has 0 bridgehead atoms. The summed E-state index contributed by atoms with van der Waals surface area (Å²) in [4.78, 5) is 10.9. The normalized spacial score (nSPS) is 16.9. The zero-order chi connectivity index (χ0) is 13.4. The van der Waals surface area contributed by atoms with Gasteiger partial charge in [0.1, 0.15) is 5.69 Å². The van der Waals surface area contributed by atoms with Gasteiger partial charge in [-0.3, -0.25) is 10.1 Å². The summed E-state index contributed by atoms with van der Waals surface area (Å²) in [6, 6.07) is 0.263. The molecule has 1 fully saturated rings. The van der Waals surface area contributed by atoms with E-state index in [4.69, 9.17) is 0 Å². The van der Waals surface area contributed by atoms with Gasteiger partial charge in [0.25, 0.3) is 0 Å². The van der Waals surface area contributed by atoms with E-state index in [0.29, 0.717) is 17.4 Å². The third-order valence-corrected chi connectivity index (χ3v) is 3.47. The SMILES string of the molecule is CC(C)c1nn(C)c(NC(C)C2CC2)c1[N+](=O)[O-]. The third-order valence-electron chi connectivity index (χ3n) is 3.47. The van der Waals surface area contributed by atoms with Crippen LogP contribution in [0, 0.1) is 16.0 Å². The van der Waals surface area contributed by atoms with Crippen molar-refractivity contribution in [2.45, 2.75) is 45.6 Å². The summed E-state index contributed by atoms with van der Waals surface area (Å²) in [5, 5.41) is 18.8. The zero-order valence-corrected chi connectivity index (χ0v) is 11.3. The highest BCUT2D eigenvalue weighted by atomic mass is 16.6. The van der Waals surface area contributed by atoms with Crippen LogP contribution in [0.4, 0.5) is 11.5 Å². The maximum atomic E-state index is 11.2. The van der Waals surface area contributed by atoms with Crippen molar-refractivity contribution in [3.05, 3.63) is 15.8 Å². The van der Waals surface area contributed by atoms with Gasteiger partial charge in [0.05, 0.1) is 4.92 Å². The Kier molecular flexibility index (Phi) is 3.28. The van der Waals surface area contributed by atoms with Crippen molar-refractivity contribution in [1.29, 1.82) is 0 Å². The lowest BCUT2D eigenvalue weighted by Gasteiger charge is -2.13. The number of aryl methyl sites for hydroxylation is 1. The fourth-order valence-electron chi connectivity index (χ4n) is 2.19. The molecule has 1 saturated carbocycles. The van der Waals surface area contributed by atoms with E-state index in [1.807, 2.05) is 13.8 Å². The number of aromatic nitrogens is 2. The predicted octanol–water partition coefficient (Wildman–Crippen LogP) is 2.66. The Hall–Kier alpha value is -1.59. The molecule has 0 saturated heterocycles. The molecular formula is C12H20N4O2. The predicted molar refractivity (Wildman–Crippen MR) is 69.8 cm³/mol. The maximum absolute atomic E-state index is 11.2. The average molecular weight is 252 g/mol. The Balaban J connectivity index is 2.34. The van der Waals surface area contributed by atoms with Crippen molar-refractivity contribution < 1.29 is 4.92 Å². The molecule has 1 atom stereocenters. The van der Waals surface area contributed by atoms with Gasteiger partial charge >= 0.3 is 5.69 Å². The van der Waals surface area contributed by atoms with Crippen LogP contribution < -0.4 is 5.32 Å². The molecule has 1 N–H and O–H groups in total. The Morgan fingerprint density at radius 1 is 1.44 bits per heavy atom. The second-order valence-corrected chi connectivity index (χ2v) is 5.39. The van der Waals surface area contributed by atoms with Gasteiger partial charge in [-0.1, -0.05) is 13.8 Å². The van der Waals surface area contributed by atoms with Crippen LogP contribution >= 0.6 is 0 Å². The molecular weight excluding hydrogens is 232 g/mol. The highest BCUT2D eigenvalue weighted by Gasteiger charge is 2.33. The average Bonchev–Trinajstić information content (AvgIpc) is 3.05. The highest BCUT2D eigenvalue weighted by Crippen LogP contribution is 2.37. The first-order valence-electron chi connectivity index (χ1n) is 6.39. The molecule has 100 valence electrons. The lowest BCUT2D eigenvalue weighted by Crippen LogP contribution is -2.20. The number of anilines is 1. The molecule has 0 amide bonds. The van der Waals surface area contributed by atoms with E-state index < -0.39 is 0 Å². The summed E-state index contributed by atoms with van der Waals surface area (Å²) >= 11 is 0. The number of nitrogens with zero attached hydrogens (tertiary/aromatic N) is 3. The van der Waals surface area contributed by atoms with Crippen molar-refractivity contribution >= 4 is 11.5 Å². The summed E-state index contributed by atoms with van der Waals surface area (Å²) in [6.07, 6.45) is 2.41. The maximum Gasteiger partial charge on any atom is 0.334 e. The lowest BCUT2D eigenvalue weighted by atomic mass is 10.1. The molecule has 6 heteroatoms. The van der Waals surface area contributed by atoms with Crippen LogP contribution in [0.1, 0.15) is 45.2 Å². The van der Waals surface area contributed by atoms with Crippen molar-refractivity contribution in [2.24, 2.45) is 13.0 Å². The Labute approximate surface area is 107 Å². The second kappa shape index (κ2) is 4.59. The molecule has 1 aliphatic carbocycles. The van der Waals surface area contributed by atoms with Crippen molar-refractivity contribution in [1.82, 2.24) is 9.78 Å². The zero-order valence-electron chi connectivity index (χ0n) is 11.3. The van der Waals surface area contributed by atoms with Crippen LogP contribution in [0.15, 0.2) is 0 Å². The summed E-state index contributed by atoms with van der Waals surface area (Å²) < 4.78 is 1.59. The first kappa shape index (κ1) is 12.9. The van der Waals surface area contributed by atoms with Crippen LogP contribution in [0.5, 0.6) is 0 Å². The van der Waals surface area contributed by atoms with E-state index in [1.54, 1.807) is 11.7 Å². The number of nitrogens with one attached hydrogen (secondary N) is 1. The van der Waals surface area contributed by atoms with Gasteiger partial charge in [-0.25, -0.2) is 4.68 Å². The van der Waals surface area contributed by atoms with Gasteiger partial charge in [0.15, 0.2) is 0 Å². The molecule has 1 heterocycles. The van der Waals surface area contributed by atoms with Gasteiger partial charge < -0.3 is 5.32 Å². The van der Waals surface area contributed by atoms with Crippen LogP contribution in [0.25, 0.3) is 0 Å². The Morgan fingerprint density at radius 3 is 2.50 bits per heavy atom. The smallest absolute Gasteiger partial charge is 0.334 e. The molecule has 0 aliphatic heterocycles. The monoisotopic (exact) mass is 252 g/mol. The molecule has 18 heavy (non-hydrogen) atoms. The van der Waals surface area contributed by atoms with E-state index >= 15 is 0 Å². The van der Waals surface area contributed by atoms with Gasteiger partial charge in [-0.15, -0.1) is 0 Å². The molecule has 1 unspecified atom stereocenters. The minimum Gasteiger partial charge on any atom is -0.362 e. The van der Waals surface area contributed by atoms with Gasteiger partial charge in [-0.05, 0) is 25.7 Å². The molecule has 1 aromatic heterocycles. The largest absolute Gasteiger partial charge is 0.362 e. The second-order valence-electron chi connectivity index (χ2n) is 5.39. The highest BCUT2D eigenvalue weighted by molar-refractivity contribution is 5.61. The molecule has 0 radical (unpaired) electrons. The van der Waals surface area contributed by atoms with Gasteiger partial charge in [-0.2, -0.15) is 5.10 Å². The van der Waals surface area contributed by atoms with Crippen molar-refractivity contribution in [3.8, 4) is 0 Å². The molecule has 2 rings (SSSR count). The first-order valence-corrected chi connectivity index (χ1v) is 6.39. The standard InChI is InChI=1S/C12H20N4O2/c1-7(2)10-11(16(17)18)12(15(4)14-10)13-8(3)9-5-6-9/h7-9,13H,5-6H2,1-4H3. The number of hydrogen-bond acceptors (Lipinski definition) is 4. The first-order chi connectivity index (χ1) is 8.41. The van der Waals surface area contributed by atoms with E-state index in [0.717, 1.165) is 0 Å². The van der Waals surface area contributed by atoms with Crippen molar-refractivity contribution in [3.63, 3.8) is 0 Å². The van der Waals surface area contributed by atoms with Gasteiger partial charge in [0, 0.05) is 19.0 Å². The van der Waals surface area contributed by atoms with Crippen LogP contribution in [0.2, 0.25) is 0 Å². The Morgan fingerprint density at radius 2 is 2.06 bits per heavy atom. The van der Waals surface area contributed by atoms with E-state index in [2.05, 4.69) is 17.3 Å². The molecule has 6 nitrogen and oxygen atoms in total. The minimum absolute atomic E-state index is 0.0448. The fourth-order valence-corrected chi connectivity index (χ4v) is 2.19. The minimum atomic E-state index is -0.329. The summed E-state index contributed by atoms with van der Waals surface area (Å²) in [5.41, 5.74) is 0.674. The van der Waals surface area contributed by atoms with Crippen LogP contribution in [-0.4, -0.2) is 20.7 Å². The fraction of sp³-hybridized carbons (Fsp3) is 0.750. The number of rotatable bonds is 5. The van der Waals surface area contributed by atoms with E-state index in [-0.39, 0.29) is 22.6 Å². The molecule has 0 spiro atoms. The van der Waals surface area contributed by atoms with Crippen LogP contribution in [-0.2, 0) is 7.05 Å². The Bertz CT molecular complexity index is 463. The summed E-state index contributed by atoms with van der Waals surface area (Å²) in [5.74, 6) is 1.22. The lowest BCUT2D eigenvalue weighted by molar-refractivity contribution is -0.384. The molecule has 0 aromatic carbocycles. The van der Waals surface area contributed by atoms with Crippen molar-refractivity contribution in [2.75, 3.05) is 5.32 Å². The van der Waals surface area contributed by atoms with E-state index in [1.165, 1.54) is 12.8 Å². The summed E-state index contributed by atoms with van der Waals surface area (Å²) in [7, 11) is 1.75. The van der Waals surface area contributed by atoms with Gasteiger partial charge in [0.2, 0.25) is 5.82 Å². The molecule has 1 aliphatic rings. The number of nitro groups is 1.